The lowest BCUT2D eigenvalue weighted by Crippen LogP contribution is -2.28. The van der Waals surface area contributed by atoms with Crippen molar-refractivity contribution in [2.24, 2.45) is 11.7 Å². The van der Waals surface area contributed by atoms with Gasteiger partial charge in [0.05, 0.1) is 0 Å². The van der Waals surface area contributed by atoms with Crippen LogP contribution in [0.2, 0.25) is 0 Å². The minimum atomic E-state index is -2.81. The molecule has 80 valence electrons. The lowest BCUT2D eigenvalue weighted by atomic mass is 9.96. The summed E-state index contributed by atoms with van der Waals surface area (Å²) in [6, 6.07) is 0.145. The van der Waals surface area contributed by atoms with Crippen molar-refractivity contribution >= 4 is 9.84 Å². The van der Waals surface area contributed by atoms with E-state index in [0.717, 1.165) is 12.8 Å². The largest absolute Gasteiger partial charge is 0.327 e. The molecule has 0 aliphatic carbocycles. The Labute approximate surface area is 81.6 Å². The third kappa shape index (κ3) is 7.02. The van der Waals surface area contributed by atoms with Gasteiger partial charge in [-0.3, -0.25) is 0 Å². The van der Waals surface area contributed by atoms with Gasteiger partial charge < -0.3 is 5.73 Å². The molecule has 13 heavy (non-hydrogen) atoms. The van der Waals surface area contributed by atoms with Crippen LogP contribution in [0.15, 0.2) is 0 Å². The van der Waals surface area contributed by atoms with Gasteiger partial charge in [0.15, 0.2) is 0 Å². The van der Waals surface area contributed by atoms with Crippen molar-refractivity contribution in [2.45, 2.75) is 39.2 Å². The Morgan fingerprint density at radius 3 is 2.31 bits per heavy atom. The van der Waals surface area contributed by atoms with E-state index in [2.05, 4.69) is 13.8 Å². The summed E-state index contributed by atoms with van der Waals surface area (Å²) in [5.74, 6) is 0.747. The summed E-state index contributed by atoms with van der Waals surface area (Å²) in [5, 5.41) is 0. The maximum absolute atomic E-state index is 10.8. The van der Waals surface area contributed by atoms with Crippen molar-refractivity contribution in [3.63, 3.8) is 0 Å². The molecule has 4 heteroatoms. The van der Waals surface area contributed by atoms with Gasteiger partial charge in [0, 0.05) is 18.1 Å². The van der Waals surface area contributed by atoms with Gasteiger partial charge in [-0.1, -0.05) is 20.3 Å². The second-order valence-electron chi connectivity index (χ2n) is 3.82. The lowest BCUT2D eigenvalue weighted by molar-refractivity contribution is 0.417. The van der Waals surface area contributed by atoms with E-state index in [4.69, 9.17) is 5.73 Å². The zero-order valence-corrected chi connectivity index (χ0v) is 9.60. The first kappa shape index (κ1) is 12.9. The molecule has 0 radical (unpaired) electrons. The van der Waals surface area contributed by atoms with Crippen LogP contribution < -0.4 is 5.73 Å². The molecule has 2 N–H and O–H groups in total. The van der Waals surface area contributed by atoms with Crippen LogP contribution in [0.25, 0.3) is 0 Å². The molecule has 3 nitrogen and oxygen atoms in total. The minimum absolute atomic E-state index is 0.145. The van der Waals surface area contributed by atoms with Gasteiger partial charge in [-0.15, -0.1) is 0 Å². The van der Waals surface area contributed by atoms with Crippen molar-refractivity contribution in [1.29, 1.82) is 0 Å². The van der Waals surface area contributed by atoms with E-state index in [1.807, 2.05) is 0 Å². The average molecular weight is 207 g/mol. The van der Waals surface area contributed by atoms with Gasteiger partial charge in [-0.2, -0.15) is 0 Å². The standard InChI is InChI=1S/C9H21NO2S/c1-4-8(2)9(10)6-5-7-13(3,11)12/h8-9H,4-7,10H2,1-3H3. The summed E-state index contributed by atoms with van der Waals surface area (Å²) in [6.07, 6.45) is 3.81. The van der Waals surface area contributed by atoms with Gasteiger partial charge in [0.2, 0.25) is 0 Å². The van der Waals surface area contributed by atoms with Crippen LogP contribution in [0.5, 0.6) is 0 Å². The van der Waals surface area contributed by atoms with E-state index in [1.54, 1.807) is 0 Å². The first-order valence-electron chi connectivity index (χ1n) is 4.80. The van der Waals surface area contributed by atoms with Crippen molar-refractivity contribution in [3.05, 3.63) is 0 Å². The van der Waals surface area contributed by atoms with E-state index in [-0.39, 0.29) is 11.8 Å². The van der Waals surface area contributed by atoms with Crippen LogP contribution in [-0.2, 0) is 9.84 Å². The Kier molecular flexibility index (Phi) is 5.56. The van der Waals surface area contributed by atoms with E-state index >= 15 is 0 Å². The SMILES string of the molecule is CCC(C)C(N)CCCS(C)(=O)=O. The molecular weight excluding hydrogens is 186 g/mol. The molecule has 0 saturated carbocycles. The Bertz CT molecular complexity index is 224. The van der Waals surface area contributed by atoms with E-state index in [1.165, 1.54) is 6.26 Å². The molecule has 0 aliphatic heterocycles. The van der Waals surface area contributed by atoms with Crippen LogP contribution in [0.3, 0.4) is 0 Å². The van der Waals surface area contributed by atoms with Crippen molar-refractivity contribution < 1.29 is 8.42 Å². The van der Waals surface area contributed by atoms with Crippen molar-refractivity contribution in [2.75, 3.05) is 12.0 Å². The number of nitrogens with two attached hydrogens (primary N) is 1. The van der Waals surface area contributed by atoms with Crippen molar-refractivity contribution in [1.82, 2.24) is 0 Å². The molecule has 0 bridgehead atoms. The molecule has 0 aliphatic rings. The van der Waals surface area contributed by atoms with Crippen LogP contribution in [0, 0.1) is 5.92 Å². The normalized spacial score (nSPS) is 16.9. The molecule has 0 amide bonds. The second kappa shape index (κ2) is 5.60. The summed E-state index contributed by atoms with van der Waals surface area (Å²) in [5.41, 5.74) is 5.86. The van der Waals surface area contributed by atoms with Crippen LogP contribution in [0.1, 0.15) is 33.1 Å². The topological polar surface area (TPSA) is 60.2 Å². The van der Waals surface area contributed by atoms with Gasteiger partial charge in [0.1, 0.15) is 9.84 Å². The summed E-state index contributed by atoms with van der Waals surface area (Å²) in [7, 11) is -2.81. The molecule has 0 aromatic heterocycles. The van der Waals surface area contributed by atoms with E-state index in [0.29, 0.717) is 12.3 Å². The molecule has 0 heterocycles. The van der Waals surface area contributed by atoms with E-state index < -0.39 is 9.84 Å². The second-order valence-corrected chi connectivity index (χ2v) is 6.08. The van der Waals surface area contributed by atoms with Gasteiger partial charge >= 0.3 is 0 Å². The Balaban J connectivity index is 3.65. The van der Waals surface area contributed by atoms with Crippen LogP contribution in [0.4, 0.5) is 0 Å². The fourth-order valence-corrected chi connectivity index (χ4v) is 1.86. The lowest BCUT2D eigenvalue weighted by Gasteiger charge is -2.17. The van der Waals surface area contributed by atoms with Crippen LogP contribution >= 0.6 is 0 Å². The molecule has 0 saturated heterocycles. The number of rotatable bonds is 6. The zero-order chi connectivity index (χ0) is 10.5. The fraction of sp³-hybridized carbons (Fsp3) is 1.00. The molecule has 2 atom stereocenters. The predicted octanol–water partition coefficient (Wildman–Crippen LogP) is 1.18. The molecule has 0 fully saturated rings. The summed E-state index contributed by atoms with van der Waals surface area (Å²) in [6.45, 7) is 4.20. The van der Waals surface area contributed by atoms with Crippen molar-refractivity contribution in [3.8, 4) is 0 Å². The van der Waals surface area contributed by atoms with Crippen LogP contribution in [-0.4, -0.2) is 26.5 Å². The Hall–Kier alpha value is -0.0900. The highest BCUT2D eigenvalue weighted by Gasteiger charge is 2.11. The molecule has 0 rings (SSSR count). The molecule has 0 aromatic rings. The summed E-state index contributed by atoms with van der Waals surface area (Å²) >= 11 is 0. The maximum Gasteiger partial charge on any atom is 0.147 e. The Morgan fingerprint density at radius 2 is 1.92 bits per heavy atom. The molecule has 2 unspecified atom stereocenters. The summed E-state index contributed by atoms with van der Waals surface area (Å²) in [4.78, 5) is 0. The minimum Gasteiger partial charge on any atom is -0.327 e. The number of hydrogen-bond acceptors (Lipinski definition) is 3. The smallest absolute Gasteiger partial charge is 0.147 e. The zero-order valence-electron chi connectivity index (χ0n) is 8.79. The number of sulfone groups is 1. The molecular formula is C9H21NO2S. The highest BCUT2D eigenvalue weighted by molar-refractivity contribution is 7.90. The average Bonchev–Trinajstić information content (AvgIpc) is 2.00. The van der Waals surface area contributed by atoms with E-state index in [9.17, 15) is 8.42 Å². The highest BCUT2D eigenvalue weighted by Crippen LogP contribution is 2.10. The monoisotopic (exact) mass is 207 g/mol. The third-order valence-corrected chi connectivity index (χ3v) is 3.46. The number of hydrogen-bond donors (Lipinski definition) is 1. The quantitative estimate of drug-likeness (QED) is 0.711. The summed E-state index contributed by atoms with van der Waals surface area (Å²) < 4.78 is 21.6. The maximum atomic E-state index is 10.8. The van der Waals surface area contributed by atoms with Gasteiger partial charge in [-0.05, 0) is 18.8 Å². The van der Waals surface area contributed by atoms with Gasteiger partial charge in [0.25, 0.3) is 0 Å². The fourth-order valence-electron chi connectivity index (χ4n) is 1.17. The molecule has 0 aromatic carbocycles. The first-order valence-corrected chi connectivity index (χ1v) is 6.86. The van der Waals surface area contributed by atoms with Gasteiger partial charge in [-0.25, -0.2) is 8.42 Å². The predicted molar refractivity (Wildman–Crippen MR) is 56.4 cm³/mol. The third-order valence-electron chi connectivity index (χ3n) is 2.43. The molecule has 0 spiro atoms. The Morgan fingerprint density at radius 1 is 1.38 bits per heavy atom. The highest BCUT2D eigenvalue weighted by atomic mass is 32.2. The first-order chi connectivity index (χ1) is 5.87.